The van der Waals surface area contributed by atoms with Crippen molar-refractivity contribution < 1.29 is 13.9 Å². The van der Waals surface area contributed by atoms with Crippen LogP contribution in [0, 0.1) is 5.82 Å². The van der Waals surface area contributed by atoms with Crippen LogP contribution in [0.3, 0.4) is 0 Å². The lowest BCUT2D eigenvalue weighted by Crippen LogP contribution is -2.26. The van der Waals surface area contributed by atoms with Crippen molar-refractivity contribution in [2.45, 2.75) is 31.6 Å². The first-order chi connectivity index (χ1) is 12.2. The molecule has 1 saturated heterocycles. The van der Waals surface area contributed by atoms with Gasteiger partial charge in [-0.3, -0.25) is 4.79 Å². The van der Waals surface area contributed by atoms with Gasteiger partial charge in [0.15, 0.2) is 16.7 Å². The second-order valence-electron chi connectivity index (χ2n) is 6.11. The standard InChI is InChI=1S/C18H22FN3O2S/c1-24-15-4-2-12(10-14(15)19)3-5-17(23)22-18-21-11-16(25-18)13-6-8-20-9-7-13/h2,4,10-11,13,20H,3,5-9H2,1H3,(H,21,22,23). The molecule has 2 heterocycles. The van der Waals surface area contributed by atoms with Crippen LogP contribution in [-0.2, 0) is 11.2 Å². The van der Waals surface area contributed by atoms with Crippen LogP contribution >= 0.6 is 11.3 Å². The third-order valence-electron chi connectivity index (χ3n) is 4.37. The Morgan fingerprint density at radius 1 is 1.44 bits per heavy atom. The molecular formula is C18H22FN3O2S. The predicted octanol–water partition coefficient (Wildman–Crippen LogP) is 3.33. The van der Waals surface area contributed by atoms with Crippen LogP contribution in [0.4, 0.5) is 9.52 Å². The largest absolute Gasteiger partial charge is 0.494 e. The molecule has 0 aliphatic carbocycles. The van der Waals surface area contributed by atoms with Gasteiger partial charge in [-0.1, -0.05) is 6.07 Å². The Morgan fingerprint density at radius 3 is 2.96 bits per heavy atom. The van der Waals surface area contributed by atoms with Crippen molar-refractivity contribution in [1.82, 2.24) is 10.3 Å². The van der Waals surface area contributed by atoms with Gasteiger partial charge in [0.2, 0.25) is 5.91 Å². The summed E-state index contributed by atoms with van der Waals surface area (Å²) in [4.78, 5) is 17.6. The summed E-state index contributed by atoms with van der Waals surface area (Å²) in [6.45, 7) is 2.06. The third-order valence-corrected chi connectivity index (χ3v) is 5.44. The summed E-state index contributed by atoms with van der Waals surface area (Å²) in [6.07, 6.45) is 4.85. The Morgan fingerprint density at radius 2 is 2.24 bits per heavy atom. The fraction of sp³-hybridized carbons (Fsp3) is 0.444. The van der Waals surface area contributed by atoms with E-state index in [1.807, 2.05) is 6.20 Å². The van der Waals surface area contributed by atoms with E-state index in [0.29, 0.717) is 17.5 Å². The molecule has 0 bridgehead atoms. The smallest absolute Gasteiger partial charge is 0.226 e. The van der Waals surface area contributed by atoms with E-state index in [-0.39, 0.29) is 18.1 Å². The minimum Gasteiger partial charge on any atom is -0.494 e. The highest BCUT2D eigenvalue weighted by Gasteiger charge is 2.18. The van der Waals surface area contributed by atoms with Gasteiger partial charge in [-0.05, 0) is 56.0 Å². The topological polar surface area (TPSA) is 63.2 Å². The molecule has 1 aliphatic heterocycles. The Bertz CT molecular complexity index is 729. The number of hydrogen-bond donors (Lipinski definition) is 2. The number of hydrogen-bond acceptors (Lipinski definition) is 5. The van der Waals surface area contributed by atoms with Gasteiger partial charge in [-0.15, -0.1) is 11.3 Å². The Balaban J connectivity index is 1.51. The molecule has 7 heteroatoms. The third kappa shape index (κ3) is 4.76. The van der Waals surface area contributed by atoms with Crippen LogP contribution in [0.25, 0.3) is 0 Å². The van der Waals surface area contributed by atoms with E-state index >= 15 is 0 Å². The Hall–Kier alpha value is -1.99. The van der Waals surface area contributed by atoms with E-state index < -0.39 is 5.82 Å². The Kier molecular flexibility index (Phi) is 5.99. The number of aryl methyl sites for hydroxylation is 1. The van der Waals surface area contributed by atoms with E-state index in [2.05, 4.69) is 15.6 Å². The molecule has 0 saturated carbocycles. The fourth-order valence-electron chi connectivity index (χ4n) is 2.94. The van der Waals surface area contributed by atoms with Gasteiger partial charge in [0.25, 0.3) is 0 Å². The molecule has 2 aromatic rings. The number of amides is 1. The molecule has 1 aromatic carbocycles. The van der Waals surface area contributed by atoms with Gasteiger partial charge in [0, 0.05) is 17.5 Å². The molecule has 1 aliphatic rings. The van der Waals surface area contributed by atoms with E-state index in [0.717, 1.165) is 31.5 Å². The highest BCUT2D eigenvalue weighted by Crippen LogP contribution is 2.31. The number of carbonyl (C=O) groups excluding carboxylic acids is 1. The second-order valence-corrected chi connectivity index (χ2v) is 7.17. The zero-order valence-corrected chi connectivity index (χ0v) is 15.0. The summed E-state index contributed by atoms with van der Waals surface area (Å²) in [5.41, 5.74) is 0.767. The van der Waals surface area contributed by atoms with Gasteiger partial charge >= 0.3 is 0 Å². The van der Waals surface area contributed by atoms with E-state index in [9.17, 15) is 9.18 Å². The average molecular weight is 363 g/mol. The number of piperidine rings is 1. The van der Waals surface area contributed by atoms with Crippen molar-refractivity contribution in [2.75, 3.05) is 25.5 Å². The highest BCUT2D eigenvalue weighted by atomic mass is 32.1. The summed E-state index contributed by atoms with van der Waals surface area (Å²) < 4.78 is 18.6. The van der Waals surface area contributed by atoms with E-state index in [1.54, 1.807) is 23.5 Å². The number of benzene rings is 1. The average Bonchev–Trinajstić information content (AvgIpc) is 3.09. The van der Waals surface area contributed by atoms with E-state index in [4.69, 9.17) is 4.74 Å². The number of thiazole rings is 1. The number of ether oxygens (including phenoxy) is 1. The summed E-state index contributed by atoms with van der Waals surface area (Å²) in [6, 6.07) is 4.76. The number of nitrogens with zero attached hydrogens (tertiary/aromatic N) is 1. The zero-order chi connectivity index (χ0) is 17.6. The lowest BCUT2D eigenvalue weighted by molar-refractivity contribution is -0.116. The summed E-state index contributed by atoms with van der Waals surface area (Å²) in [5, 5.41) is 6.83. The van der Waals surface area contributed by atoms with Crippen LogP contribution in [-0.4, -0.2) is 31.1 Å². The summed E-state index contributed by atoms with van der Waals surface area (Å²) in [7, 11) is 1.43. The van der Waals surface area contributed by atoms with Gasteiger partial charge < -0.3 is 15.4 Å². The molecule has 2 N–H and O–H groups in total. The number of aromatic nitrogens is 1. The van der Waals surface area contributed by atoms with Crippen molar-refractivity contribution >= 4 is 22.4 Å². The van der Waals surface area contributed by atoms with Crippen molar-refractivity contribution in [2.24, 2.45) is 0 Å². The molecular weight excluding hydrogens is 341 g/mol. The number of rotatable bonds is 6. The van der Waals surface area contributed by atoms with Gasteiger partial charge in [-0.25, -0.2) is 9.37 Å². The molecule has 1 fully saturated rings. The molecule has 0 spiro atoms. The number of methoxy groups -OCH3 is 1. The summed E-state index contributed by atoms with van der Waals surface area (Å²) >= 11 is 1.55. The van der Waals surface area contributed by atoms with E-state index in [1.165, 1.54) is 18.1 Å². The van der Waals surface area contributed by atoms with Crippen LogP contribution in [0.5, 0.6) is 5.75 Å². The summed E-state index contributed by atoms with van der Waals surface area (Å²) in [5.74, 6) is 0.225. The van der Waals surface area contributed by atoms with Gasteiger partial charge in [-0.2, -0.15) is 0 Å². The van der Waals surface area contributed by atoms with Crippen molar-refractivity contribution in [3.8, 4) is 5.75 Å². The van der Waals surface area contributed by atoms with Crippen LogP contribution in [0.2, 0.25) is 0 Å². The SMILES string of the molecule is COc1ccc(CCC(=O)Nc2ncc(C3CCNCC3)s2)cc1F. The number of anilines is 1. The van der Waals surface area contributed by atoms with Crippen LogP contribution < -0.4 is 15.4 Å². The normalized spacial score (nSPS) is 15.1. The van der Waals surface area contributed by atoms with Gasteiger partial charge in [0.1, 0.15) is 0 Å². The molecule has 134 valence electrons. The lowest BCUT2D eigenvalue weighted by atomic mass is 9.97. The lowest BCUT2D eigenvalue weighted by Gasteiger charge is -2.20. The predicted molar refractivity (Wildman–Crippen MR) is 96.9 cm³/mol. The minimum atomic E-state index is -0.410. The molecule has 5 nitrogen and oxygen atoms in total. The van der Waals surface area contributed by atoms with Gasteiger partial charge in [0.05, 0.1) is 7.11 Å². The monoisotopic (exact) mass is 363 g/mol. The molecule has 0 atom stereocenters. The molecule has 0 radical (unpaired) electrons. The van der Waals surface area contributed by atoms with Crippen molar-refractivity contribution in [3.63, 3.8) is 0 Å². The maximum absolute atomic E-state index is 13.7. The zero-order valence-electron chi connectivity index (χ0n) is 14.2. The first-order valence-corrected chi connectivity index (χ1v) is 9.26. The first-order valence-electron chi connectivity index (χ1n) is 8.44. The number of nitrogens with one attached hydrogen (secondary N) is 2. The first kappa shape index (κ1) is 17.8. The van der Waals surface area contributed by atoms with Crippen LogP contribution in [0.15, 0.2) is 24.4 Å². The maximum Gasteiger partial charge on any atom is 0.226 e. The molecule has 25 heavy (non-hydrogen) atoms. The number of carbonyl (C=O) groups is 1. The number of halogens is 1. The highest BCUT2D eigenvalue weighted by molar-refractivity contribution is 7.15. The second kappa shape index (κ2) is 8.40. The molecule has 0 unspecified atom stereocenters. The van der Waals surface area contributed by atoms with Crippen molar-refractivity contribution in [3.05, 3.63) is 40.7 Å². The Labute approximate surface area is 150 Å². The molecule has 3 rings (SSSR count). The quantitative estimate of drug-likeness (QED) is 0.826. The minimum absolute atomic E-state index is 0.109. The molecule has 1 amide bonds. The molecule has 1 aromatic heterocycles. The fourth-order valence-corrected chi connectivity index (χ4v) is 3.95. The van der Waals surface area contributed by atoms with Crippen LogP contribution in [0.1, 0.15) is 35.6 Å². The maximum atomic E-state index is 13.7. The van der Waals surface area contributed by atoms with Crippen molar-refractivity contribution in [1.29, 1.82) is 0 Å².